The first-order chi connectivity index (χ1) is 8.99. The summed E-state index contributed by atoms with van der Waals surface area (Å²) in [5.41, 5.74) is 9.09. The van der Waals surface area contributed by atoms with E-state index in [0.29, 0.717) is 18.3 Å². The predicted octanol–water partition coefficient (Wildman–Crippen LogP) is 3.31. The smallest absolute Gasteiger partial charge is 0.322 e. The molecule has 1 aromatic heterocycles. The molecule has 0 saturated heterocycles. The van der Waals surface area contributed by atoms with Crippen molar-refractivity contribution >= 4 is 11.6 Å². The molecule has 1 aromatic carbocycles. The first-order valence-corrected chi connectivity index (χ1v) is 6.36. The summed E-state index contributed by atoms with van der Waals surface area (Å²) in [7, 11) is 0. The van der Waals surface area contributed by atoms with E-state index in [-0.39, 0.29) is 0 Å². The summed E-state index contributed by atoms with van der Waals surface area (Å²) in [4.78, 5) is 8.47. The molecule has 2 rings (SSSR count). The number of halogens is 1. The van der Waals surface area contributed by atoms with E-state index in [1.54, 1.807) is 0 Å². The van der Waals surface area contributed by atoms with Crippen molar-refractivity contribution in [1.82, 2.24) is 9.97 Å². The molecular weight excluding hydrogens is 262 g/mol. The number of rotatable bonds is 3. The lowest BCUT2D eigenvalue weighted by atomic mass is 10.1. The van der Waals surface area contributed by atoms with Gasteiger partial charge >= 0.3 is 6.01 Å². The molecule has 5 heteroatoms. The molecule has 0 aliphatic heterocycles. The number of nitrogens with zero attached hydrogens (tertiary/aromatic N) is 2. The standard InChI is InChI=1S/C14H16ClN3O/c1-8-4-12(5-9(2)13(8)15)19-14-17-10(3)6-11(7-16)18-14/h4-6H,7,16H2,1-3H3. The first kappa shape index (κ1) is 13.8. The van der Waals surface area contributed by atoms with Gasteiger partial charge in [-0.05, 0) is 50.1 Å². The molecule has 0 aliphatic rings. The first-order valence-electron chi connectivity index (χ1n) is 5.99. The van der Waals surface area contributed by atoms with Crippen LogP contribution in [0.2, 0.25) is 5.02 Å². The minimum Gasteiger partial charge on any atom is -0.424 e. The zero-order valence-corrected chi connectivity index (χ0v) is 12.0. The number of benzene rings is 1. The van der Waals surface area contributed by atoms with Crippen LogP contribution < -0.4 is 10.5 Å². The maximum absolute atomic E-state index is 6.12. The van der Waals surface area contributed by atoms with Crippen LogP contribution in [0.25, 0.3) is 0 Å². The highest BCUT2D eigenvalue weighted by Gasteiger charge is 2.07. The fourth-order valence-corrected chi connectivity index (χ4v) is 1.93. The molecule has 2 N–H and O–H groups in total. The molecule has 0 spiro atoms. The van der Waals surface area contributed by atoms with E-state index in [1.807, 2.05) is 39.0 Å². The highest BCUT2D eigenvalue weighted by atomic mass is 35.5. The maximum Gasteiger partial charge on any atom is 0.322 e. The quantitative estimate of drug-likeness (QED) is 0.935. The fourth-order valence-electron chi connectivity index (χ4n) is 1.83. The molecule has 19 heavy (non-hydrogen) atoms. The highest BCUT2D eigenvalue weighted by molar-refractivity contribution is 6.32. The average molecular weight is 278 g/mol. The van der Waals surface area contributed by atoms with Gasteiger partial charge in [0, 0.05) is 17.3 Å². The van der Waals surface area contributed by atoms with Gasteiger partial charge in [-0.15, -0.1) is 0 Å². The van der Waals surface area contributed by atoms with Crippen molar-refractivity contribution in [1.29, 1.82) is 0 Å². The van der Waals surface area contributed by atoms with Gasteiger partial charge < -0.3 is 10.5 Å². The van der Waals surface area contributed by atoms with E-state index in [0.717, 1.165) is 27.5 Å². The highest BCUT2D eigenvalue weighted by Crippen LogP contribution is 2.28. The van der Waals surface area contributed by atoms with E-state index < -0.39 is 0 Å². The molecule has 0 bridgehead atoms. The molecule has 0 atom stereocenters. The van der Waals surface area contributed by atoms with Gasteiger partial charge in [0.1, 0.15) is 5.75 Å². The molecule has 0 amide bonds. The van der Waals surface area contributed by atoms with Crippen LogP contribution in [0.1, 0.15) is 22.5 Å². The second-order valence-corrected chi connectivity index (χ2v) is 4.84. The van der Waals surface area contributed by atoms with Gasteiger partial charge in [0.05, 0.1) is 5.69 Å². The zero-order chi connectivity index (χ0) is 14.0. The van der Waals surface area contributed by atoms with Gasteiger partial charge in [-0.2, -0.15) is 4.98 Å². The summed E-state index contributed by atoms with van der Waals surface area (Å²) in [6.07, 6.45) is 0. The second-order valence-electron chi connectivity index (χ2n) is 4.46. The second kappa shape index (κ2) is 5.55. The Morgan fingerprint density at radius 2 is 1.74 bits per heavy atom. The van der Waals surface area contributed by atoms with Crippen molar-refractivity contribution in [3.63, 3.8) is 0 Å². The lowest BCUT2D eigenvalue weighted by Gasteiger charge is -2.09. The summed E-state index contributed by atoms with van der Waals surface area (Å²) < 4.78 is 5.68. The van der Waals surface area contributed by atoms with Crippen LogP contribution in [0.5, 0.6) is 11.8 Å². The lowest BCUT2D eigenvalue weighted by Crippen LogP contribution is -2.03. The SMILES string of the molecule is Cc1cc(CN)nc(Oc2cc(C)c(Cl)c(C)c2)n1. The normalized spacial score (nSPS) is 10.6. The van der Waals surface area contributed by atoms with Crippen molar-refractivity contribution in [3.05, 3.63) is 45.7 Å². The van der Waals surface area contributed by atoms with E-state index in [1.165, 1.54) is 0 Å². The maximum atomic E-state index is 6.12. The fraction of sp³-hybridized carbons (Fsp3) is 0.286. The van der Waals surface area contributed by atoms with E-state index in [9.17, 15) is 0 Å². The Labute approximate surface area is 117 Å². The average Bonchev–Trinajstić information content (AvgIpc) is 2.35. The number of hydrogen-bond donors (Lipinski definition) is 1. The molecule has 1 heterocycles. The van der Waals surface area contributed by atoms with Crippen molar-refractivity contribution in [2.45, 2.75) is 27.3 Å². The Balaban J connectivity index is 2.33. The molecule has 0 fully saturated rings. The molecule has 0 unspecified atom stereocenters. The Hall–Kier alpha value is -1.65. The minimum atomic E-state index is 0.307. The summed E-state index contributed by atoms with van der Waals surface area (Å²) in [5.74, 6) is 0.674. The van der Waals surface area contributed by atoms with Gasteiger partial charge in [0.15, 0.2) is 0 Å². The van der Waals surface area contributed by atoms with Crippen LogP contribution in [0.15, 0.2) is 18.2 Å². The number of aryl methyl sites for hydroxylation is 3. The molecule has 0 aliphatic carbocycles. The molecular formula is C14H16ClN3O. The van der Waals surface area contributed by atoms with Crippen LogP contribution in [-0.2, 0) is 6.54 Å². The monoisotopic (exact) mass is 277 g/mol. The van der Waals surface area contributed by atoms with Gasteiger partial charge in [0.25, 0.3) is 0 Å². The van der Waals surface area contributed by atoms with Crippen molar-refractivity contribution < 1.29 is 4.74 Å². The van der Waals surface area contributed by atoms with Crippen LogP contribution in [0, 0.1) is 20.8 Å². The molecule has 4 nitrogen and oxygen atoms in total. The minimum absolute atomic E-state index is 0.307. The molecule has 0 saturated carbocycles. The predicted molar refractivity (Wildman–Crippen MR) is 75.7 cm³/mol. The third-order valence-electron chi connectivity index (χ3n) is 2.71. The van der Waals surface area contributed by atoms with Gasteiger partial charge in [0.2, 0.25) is 0 Å². The van der Waals surface area contributed by atoms with E-state index >= 15 is 0 Å². The third-order valence-corrected chi connectivity index (χ3v) is 3.31. The van der Waals surface area contributed by atoms with E-state index in [4.69, 9.17) is 22.1 Å². The Morgan fingerprint density at radius 1 is 1.11 bits per heavy atom. The van der Waals surface area contributed by atoms with E-state index in [2.05, 4.69) is 9.97 Å². The van der Waals surface area contributed by atoms with Gasteiger partial charge in [-0.3, -0.25) is 0 Å². The lowest BCUT2D eigenvalue weighted by molar-refractivity contribution is 0.437. The Morgan fingerprint density at radius 3 is 2.32 bits per heavy atom. The molecule has 0 radical (unpaired) electrons. The summed E-state index contributed by atoms with van der Waals surface area (Å²) >= 11 is 6.12. The topological polar surface area (TPSA) is 61.0 Å². The summed E-state index contributed by atoms with van der Waals surface area (Å²) in [6, 6.07) is 5.87. The van der Waals surface area contributed by atoms with Crippen LogP contribution in [-0.4, -0.2) is 9.97 Å². The van der Waals surface area contributed by atoms with Crippen molar-refractivity contribution in [2.24, 2.45) is 5.73 Å². The van der Waals surface area contributed by atoms with Crippen LogP contribution in [0.3, 0.4) is 0 Å². The van der Waals surface area contributed by atoms with Crippen molar-refractivity contribution in [3.8, 4) is 11.8 Å². The summed E-state index contributed by atoms with van der Waals surface area (Å²) in [6.45, 7) is 6.11. The number of hydrogen-bond acceptors (Lipinski definition) is 4. The number of ether oxygens (including phenoxy) is 1. The van der Waals surface area contributed by atoms with Crippen LogP contribution in [0.4, 0.5) is 0 Å². The third kappa shape index (κ3) is 3.22. The van der Waals surface area contributed by atoms with Gasteiger partial charge in [-0.1, -0.05) is 11.6 Å². The Bertz CT molecular complexity index is 591. The molecule has 100 valence electrons. The number of nitrogens with two attached hydrogens (primary N) is 1. The summed E-state index contributed by atoms with van der Waals surface area (Å²) in [5, 5.41) is 0.750. The largest absolute Gasteiger partial charge is 0.424 e. The Kier molecular flexibility index (Phi) is 4.02. The molecule has 2 aromatic rings. The number of aromatic nitrogens is 2. The van der Waals surface area contributed by atoms with Crippen LogP contribution >= 0.6 is 11.6 Å². The van der Waals surface area contributed by atoms with Gasteiger partial charge in [-0.25, -0.2) is 4.98 Å². The zero-order valence-electron chi connectivity index (χ0n) is 11.2. The van der Waals surface area contributed by atoms with Crippen molar-refractivity contribution in [2.75, 3.05) is 0 Å².